The number of hydrogen-bond donors (Lipinski definition) is 1. The van der Waals surface area contributed by atoms with E-state index >= 15 is 0 Å². The zero-order valence-corrected chi connectivity index (χ0v) is 13.4. The number of hydrogen-bond acceptors (Lipinski definition) is 3. The zero-order chi connectivity index (χ0) is 14.7. The van der Waals surface area contributed by atoms with E-state index in [-0.39, 0.29) is 5.60 Å². The van der Waals surface area contributed by atoms with Gasteiger partial charge in [-0.1, -0.05) is 32.0 Å². The number of benzene rings is 1. The summed E-state index contributed by atoms with van der Waals surface area (Å²) >= 11 is 0. The molecule has 0 saturated carbocycles. The van der Waals surface area contributed by atoms with Crippen LogP contribution >= 0.6 is 0 Å². The minimum Gasteiger partial charge on any atom is -0.487 e. The SMILES string of the molecule is CCNC1CC2(CCCN(CC)CC2)Oc2ccccc21. The van der Waals surface area contributed by atoms with Crippen LogP contribution in [0.1, 0.15) is 51.1 Å². The summed E-state index contributed by atoms with van der Waals surface area (Å²) in [7, 11) is 0. The molecular weight excluding hydrogens is 260 g/mol. The van der Waals surface area contributed by atoms with Crippen LogP contribution in [0.4, 0.5) is 0 Å². The van der Waals surface area contributed by atoms with E-state index in [0.29, 0.717) is 6.04 Å². The Bertz CT molecular complexity index is 476. The molecule has 0 bridgehead atoms. The molecule has 2 aliphatic rings. The van der Waals surface area contributed by atoms with Crippen LogP contribution < -0.4 is 10.1 Å². The minimum absolute atomic E-state index is 0.0328. The Morgan fingerprint density at radius 2 is 2.10 bits per heavy atom. The molecule has 0 aliphatic carbocycles. The molecule has 2 heterocycles. The van der Waals surface area contributed by atoms with Gasteiger partial charge in [-0.2, -0.15) is 0 Å². The van der Waals surface area contributed by atoms with Gasteiger partial charge in [-0.05, 0) is 45.0 Å². The summed E-state index contributed by atoms with van der Waals surface area (Å²) in [6.45, 7) is 9.00. The molecule has 2 unspecified atom stereocenters. The van der Waals surface area contributed by atoms with Crippen LogP contribution in [-0.4, -0.2) is 36.7 Å². The molecule has 1 fully saturated rings. The number of nitrogens with one attached hydrogen (secondary N) is 1. The third-order valence-corrected chi connectivity index (χ3v) is 5.09. The van der Waals surface area contributed by atoms with Gasteiger partial charge < -0.3 is 15.0 Å². The Morgan fingerprint density at radius 1 is 1.24 bits per heavy atom. The van der Waals surface area contributed by atoms with Crippen molar-refractivity contribution in [3.8, 4) is 5.75 Å². The minimum atomic E-state index is 0.0328. The van der Waals surface area contributed by atoms with Gasteiger partial charge in [0.15, 0.2) is 0 Å². The molecule has 0 aromatic heterocycles. The summed E-state index contributed by atoms with van der Waals surface area (Å²) in [5.74, 6) is 1.10. The molecule has 1 N–H and O–H groups in total. The van der Waals surface area contributed by atoms with Crippen molar-refractivity contribution in [2.75, 3.05) is 26.2 Å². The molecule has 3 heteroatoms. The maximum atomic E-state index is 6.54. The van der Waals surface area contributed by atoms with Crippen LogP contribution in [0.5, 0.6) is 5.75 Å². The standard InChI is InChI=1S/C18H28N2O/c1-3-19-16-14-18(10-7-12-20(4-2)13-11-18)21-17-9-6-5-8-15(16)17/h5-6,8-9,16,19H,3-4,7,10-14H2,1-2H3. The van der Waals surface area contributed by atoms with Gasteiger partial charge in [-0.15, -0.1) is 0 Å². The third kappa shape index (κ3) is 3.09. The highest BCUT2D eigenvalue weighted by Crippen LogP contribution is 2.44. The molecule has 3 rings (SSSR count). The average Bonchev–Trinajstić information content (AvgIpc) is 2.70. The van der Waals surface area contributed by atoms with Crippen molar-refractivity contribution in [2.45, 2.75) is 51.2 Å². The van der Waals surface area contributed by atoms with Gasteiger partial charge in [0.2, 0.25) is 0 Å². The first kappa shape index (κ1) is 14.9. The monoisotopic (exact) mass is 288 g/mol. The molecule has 1 aromatic carbocycles. The number of rotatable bonds is 3. The van der Waals surface area contributed by atoms with E-state index in [0.717, 1.165) is 38.2 Å². The first-order valence-corrected chi connectivity index (χ1v) is 8.50. The molecule has 0 amide bonds. The third-order valence-electron chi connectivity index (χ3n) is 5.09. The molecule has 116 valence electrons. The van der Waals surface area contributed by atoms with Crippen LogP contribution in [0.15, 0.2) is 24.3 Å². The van der Waals surface area contributed by atoms with Gasteiger partial charge in [0.05, 0.1) is 0 Å². The lowest BCUT2D eigenvalue weighted by atomic mass is 9.82. The highest BCUT2D eigenvalue weighted by molar-refractivity contribution is 5.39. The van der Waals surface area contributed by atoms with Crippen molar-refractivity contribution in [2.24, 2.45) is 0 Å². The van der Waals surface area contributed by atoms with Gasteiger partial charge in [0, 0.05) is 24.6 Å². The second-order valence-corrected chi connectivity index (χ2v) is 6.43. The summed E-state index contributed by atoms with van der Waals surface area (Å²) in [5, 5.41) is 3.66. The molecular formula is C18H28N2O. The maximum Gasteiger partial charge on any atom is 0.124 e. The van der Waals surface area contributed by atoms with Gasteiger partial charge in [-0.25, -0.2) is 0 Å². The fraction of sp³-hybridized carbons (Fsp3) is 0.667. The first-order chi connectivity index (χ1) is 10.3. The molecule has 1 saturated heterocycles. The van der Waals surface area contributed by atoms with E-state index in [9.17, 15) is 0 Å². The van der Waals surface area contributed by atoms with E-state index in [2.05, 4.69) is 48.3 Å². The van der Waals surface area contributed by atoms with Crippen LogP contribution in [0, 0.1) is 0 Å². The normalized spacial score (nSPS) is 29.7. The quantitative estimate of drug-likeness (QED) is 0.923. The Labute approximate surface area is 128 Å². The van der Waals surface area contributed by atoms with E-state index in [1.165, 1.54) is 24.9 Å². The summed E-state index contributed by atoms with van der Waals surface area (Å²) < 4.78 is 6.54. The molecule has 2 atom stereocenters. The Kier molecular flexibility index (Phi) is 4.51. The number of likely N-dealkylation sites (tertiary alicyclic amines) is 1. The summed E-state index contributed by atoms with van der Waals surface area (Å²) in [4.78, 5) is 2.56. The molecule has 21 heavy (non-hydrogen) atoms. The highest BCUT2D eigenvalue weighted by Gasteiger charge is 2.41. The van der Waals surface area contributed by atoms with Gasteiger partial charge in [0.25, 0.3) is 0 Å². The fourth-order valence-corrected chi connectivity index (χ4v) is 3.89. The summed E-state index contributed by atoms with van der Waals surface area (Å²) in [6.07, 6.45) is 4.68. The van der Waals surface area contributed by atoms with Crippen LogP contribution in [-0.2, 0) is 0 Å². The Morgan fingerprint density at radius 3 is 2.90 bits per heavy atom. The second-order valence-electron chi connectivity index (χ2n) is 6.43. The van der Waals surface area contributed by atoms with E-state index < -0.39 is 0 Å². The molecule has 1 aromatic rings. The predicted molar refractivity (Wildman–Crippen MR) is 86.8 cm³/mol. The first-order valence-electron chi connectivity index (χ1n) is 8.50. The van der Waals surface area contributed by atoms with E-state index in [4.69, 9.17) is 4.74 Å². The van der Waals surface area contributed by atoms with Crippen molar-refractivity contribution in [1.29, 1.82) is 0 Å². The molecule has 0 radical (unpaired) electrons. The van der Waals surface area contributed by atoms with E-state index in [1.807, 2.05) is 0 Å². The highest BCUT2D eigenvalue weighted by atomic mass is 16.5. The summed E-state index contributed by atoms with van der Waals surface area (Å²) in [6, 6.07) is 9.01. The van der Waals surface area contributed by atoms with Crippen LogP contribution in [0.2, 0.25) is 0 Å². The van der Waals surface area contributed by atoms with Crippen molar-refractivity contribution in [3.63, 3.8) is 0 Å². The number of ether oxygens (including phenoxy) is 1. The Balaban J connectivity index is 1.85. The molecule has 1 spiro atoms. The van der Waals surface area contributed by atoms with Crippen molar-refractivity contribution < 1.29 is 4.74 Å². The fourth-order valence-electron chi connectivity index (χ4n) is 3.89. The number of nitrogens with zero attached hydrogens (tertiary/aromatic N) is 1. The topological polar surface area (TPSA) is 24.5 Å². The number of para-hydroxylation sites is 1. The van der Waals surface area contributed by atoms with E-state index in [1.54, 1.807) is 0 Å². The van der Waals surface area contributed by atoms with Crippen molar-refractivity contribution in [1.82, 2.24) is 10.2 Å². The molecule has 3 nitrogen and oxygen atoms in total. The van der Waals surface area contributed by atoms with Gasteiger partial charge >= 0.3 is 0 Å². The van der Waals surface area contributed by atoms with Crippen LogP contribution in [0.25, 0.3) is 0 Å². The molecule has 2 aliphatic heterocycles. The predicted octanol–water partition coefficient (Wildman–Crippen LogP) is 3.36. The number of fused-ring (bicyclic) bond motifs is 1. The Hall–Kier alpha value is -1.06. The van der Waals surface area contributed by atoms with Crippen molar-refractivity contribution in [3.05, 3.63) is 29.8 Å². The summed E-state index contributed by atoms with van der Waals surface area (Å²) in [5.41, 5.74) is 1.37. The smallest absolute Gasteiger partial charge is 0.124 e. The zero-order valence-electron chi connectivity index (χ0n) is 13.4. The maximum absolute atomic E-state index is 6.54. The lowest BCUT2D eigenvalue weighted by Crippen LogP contribution is -2.44. The lowest BCUT2D eigenvalue weighted by molar-refractivity contribution is 0.0170. The van der Waals surface area contributed by atoms with Gasteiger partial charge in [0.1, 0.15) is 11.4 Å². The lowest BCUT2D eigenvalue weighted by Gasteiger charge is -2.42. The largest absolute Gasteiger partial charge is 0.487 e. The van der Waals surface area contributed by atoms with Crippen LogP contribution in [0.3, 0.4) is 0 Å². The van der Waals surface area contributed by atoms with Crippen molar-refractivity contribution >= 4 is 0 Å². The van der Waals surface area contributed by atoms with Gasteiger partial charge in [-0.3, -0.25) is 0 Å². The average molecular weight is 288 g/mol. The second kappa shape index (κ2) is 6.37.